The second-order valence-corrected chi connectivity index (χ2v) is 5.44. The summed E-state index contributed by atoms with van der Waals surface area (Å²) in [6.07, 6.45) is 6.54. The molecule has 1 heteroatoms. The van der Waals surface area contributed by atoms with Gasteiger partial charge in [0.05, 0.1) is 5.60 Å². The Labute approximate surface area is 128 Å². The van der Waals surface area contributed by atoms with E-state index < -0.39 is 5.60 Å². The van der Waals surface area contributed by atoms with E-state index in [1.54, 1.807) is 0 Å². The van der Waals surface area contributed by atoms with Gasteiger partial charge in [-0.1, -0.05) is 73.7 Å². The monoisotopic (exact) mass is 280 g/mol. The van der Waals surface area contributed by atoms with Crippen LogP contribution in [0.2, 0.25) is 0 Å². The molecule has 0 spiro atoms. The molecule has 0 aliphatic heterocycles. The van der Waals surface area contributed by atoms with Gasteiger partial charge in [0.25, 0.3) is 0 Å². The van der Waals surface area contributed by atoms with Gasteiger partial charge in [-0.2, -0.15) is 0 Å². The minimum absolute atomic E-state index is 0.727. The van der Waals surface area contributed by atoms with Gasteiger partial charge in [-0.25, -0.2) is 0 Å². The van der Waals surface area contributed by atoms with Crippen molar-refractivity contribution in [1.82, 2.24) is 0 Å². The Kier molecular flexibility index (Phi) is 5.35. The van der Waals surface area contributed by atoms with Crippen molar-refractivity contribution in [1.29, 1.82) is 0 Å². The van der Waals surface area contributed by atoms with Crippen molar-refractivity contribution in [2.45, 2.75) is 38.7 Å². The first kappa shape index (κ1) is 15.5. The van der Waals surface area contributed by atoms with Crippen LogP contribution < -0.4 is 0 Å². The van der Waals surface area contributed by atoms with Crippen molar-refractivity contribution < 1.29 is 5.11 Å². The van der Waals surface area contributed by atoms with Gasteiger partial charge in [-0.3, -0.25) is 0 Å². The Bertz CT molecular complexity index is 569. The largest absolute Gasteiger partial charge is 0.385 e. The second-order valence-electron chi connectivity index (χ2n) is 5.44. The van der Waals surface area contributed by atoms with Gasteiger partial charge in [0, 0.05) is 0 Å². The number of allylic oxidation sites excluding steroid dienone is 2. The van der Waals surface area contributed by atoms with Gasteiger partial charge in [0.2, 0.25) is 0 Å². The molecule has 2 aromatic rings. The predicted molar refractivity (Wildman–Crippen MR) is 90.1 cm³/mol. The van der Waals surface area contributed by atoms with E-state index in [1.165, 1.54) is 11.1 Å². The molecule has 0 radical (unpaired) electrons. The molecule has 0 fully saturated rings. The summed E-state index contributed by atoms with van der Waals surface area (Å²) in [6, 6.07) is 18.6. The standard InChI is InChI=1S/C20H24O/c1-3-5-9-16-20(21,4-2)19-14-12-18(13-15-19)17-10-7-6-8-11-17/h3,5-8,10-15,21H,4,9,16H2,1-2H3/b5-3+. The zero-order valence-electron chi connectivity index (χ0n) is 12.9. The summed E-state index contributed by atoms with van der Waals surface area (Å²) in [5.74, 6) is 0. The molecule has 0 heterocycles. The molecule has 2 aromatic carbocycles. The van der Waals surface area contributed by atoms with E-state index in [1.807, 2.05) is 38.1 Å². The van der Waals surface area contributed by atoms with Gasteiger partial charge in [0.15, 0.2) is 0 Å². The summed E-state index contributed by atoms with van der Waals surface area (Å²) >= 11 is 0. The summed E-state index contributed by atoms with van der Waals surface area (Å²) in [4.78, 5) is 0. The highest BCUT2D eigenvalue weighted by atomic mass is 16.3. The van der Waals surface area contributed by atoms with E-state index in [2.05, 4.69) is 42.5 Å². The lowest BCUT2D eigenvalue weighted by molar-refractivity contribution is 0.0243. The van der Waals surface area contributed by atoms with Crippen molar-refractivity contribution in [3.63, 3.8) is 0 Å². The van der Waals surface area contributed by atoms with Gasteiger partial charge >= 0.3 is 0 Å². The van der Waals surface area contributed by atoms with Crippen LogP contribution in [0.5, 0.6) is 0 Å². The second kappa shape index (κ2) is 7.24. The maximum Gasteiger partial charge on any atom is 0.0896 e. The van der Waals surface area contributed by atoms with Gasteiger partial charge in [0.1, 0.15) is 0 Å². The third-order valence-corrected chi connectivity index (χ3v) is 4.07. The first-order valence-corrected chi connectivity index (χ1v) is 7.69. The number of hydrogen-bond donors (Lipinski definition) is 1. The topological polar surface area (TPSA) is 20.2 Å². The van der Waals surface area contributed by atoms with Gasteiger partial charge < -0.3 is 5.11 Å². The highest BCUT2D eigenvalue weighted by molar-refractivity contribution is 5.63. The van der Waals surface area contributed by atoms with E-state index in [9.17, 15) is 5.11 Å². The van der Waals surface area contributed by atoms with Crippen LogP contribution in [0.3, 0.4) is 0 Å². The van der Waals surface area contributed by atoms with Crippen molar-refractivity contribution in [2.24, 2.45) is 0 Å². The summed E-state index contributed by atoms with van der Waals surface area (Å²) in [7, 11) is 0. The molecule has 0 saturated carbocycles. The number of hydrogen-bond acceptors (Lipinski definition) is 1. The van der Waals surface area contributed by atoms with Crippen LogP contribution in [0.4, 0.5) is 0 Å². The molecular formula is C20H24O. The highest BCUT2D eigenvalue weighted by Crippen LogP contribution is 2.31. The molecule has 0 amide bonds. The Morgan fingerprint density at radius 2 is 1.57 bits per heavy atom. The van der Waals surface area contributed by atoms with Crippen LogP contribution in [-0.2, 0) is 5.60 Å². The fourth-order valence-corrected chi connectivity index (χ4v) is 2.62. The average molecular weight is 280 g/mol. The quantitative estimate of drug-likeness (QED) is 0.711. The average Bonchev–Trinajstić information content (AvgIpc) is 2.56. The summed E-state index contributed by atoms with van der Waals surface area (Å²) in [6.45, 7) is 4.06. The molecule has 0 bridgehead atoms. The van der Waals surface area contributed by atoms with Crippen LogP contribution in [0.15, 0.2) is 66.7 Å². The Morgan fingerprint density at radius 1 is 0.952 bits per heavy atom. The number of rotatable bonds is 6. The lowest BCUT2D eigenvalue weighted by Gasteiger charge is -2.27. The van der Waals surface area contributed by atoms with Crippen molar-refractivity contribution in [2.75, 3.05) is 0 Å². The summed E-state index contributed by atoms with van der Waals surface area (Å²) in [5.41, 5.74) is 2.67. The van der Waals surface area contributed by atoms with E-state index in [4.69, 9.17) is 0 Å². The molecule has 0 saturated heterocycles. The molecule has 2 rings (SSSR count). The Morgan fingerprint density at radius 3 is 2.14 bits per heavy atom. The van der Waals surface area contributed by atoms with Crippen LogP contribution in [-0.4, -0.2) is 5.11 Å². The summed E-state index contributed by atoms with van der Waals surface area (Å²) in [5, 5.41) is 10.8. The number of benzene rings is 2. The smallest absolute Gasteiger partial charge is 0.0896 e. The molecule has 0 aliphatic rings. The van der Waals surface area contributed by atoms with Crippen LogP contribution >= 0.6 is 0 Å². The Hall–Kier alpha value is -1.86. The van der Waals surface area contributed by atoms with E-state index in [0.29, 0.717) is 0 Å². The lowest BCUT2D eigenvalue weighted by Crippen LogP contribution is -2.24. The van der Waals surface area contributed by atoms with E-state index in [0.717, 1.165) is 24.8 Å². The van der Waals surface area contributed by atoms with Gasteiger partial charge in [-0.05, 0) is 42.9 Å². The third-order valence-electron chi connectivity index (χ3n) is 4.07. The SMILES string of the molecule is C/C=C/CCC(O)(CC)c1ccc(-c2ccccc2)cc1. The van der Waals surface area contributed by atoms with Crippen molar-refractivity contribution in [3.8, 4) is 11.1 Å². The van der Waals surface area contributed by atoms with E-state index in [-0.39, 0.29) is 0 Å². The predicted octanol–water partition coefficient (Wildman–Crippen LogP) is 5.31. The maximum absolute atomic E-state index is 10.8. The zero-order valence-corrected chi connectivity index (χ0v) is 12.9. The van der Waals surface area contributed by atoms with Crippen molar-refractivity contribution >= 4 is 0 Å². The van der Waals surface area contributed by atoms with E-state index >= 15 is 0 Å². The van der Waals surface area contributed by atoms with Crippen molar-refractivity contribution in [3.05, 3.63) is 72.3 Å². The minimum Gasteiger partial charge on any atom is -0.385 e. The maximum atomic E-state index is 10.8. The summed E-state index contributed by atoms with van der Waals surface area (Å²) < 4.78 is 0. The Balaban J connectivity index is 2.20. The molecular weight excluding hydrogens is 256 g/mol. The molecule has 0 aromatic heterocycles. The molecule has 1 nitrogen and oxygen atoms in total. The molecule has 1 atom stereocenters. The zero-order chi connectivity index (χ0) is 15.1. The first-order chi connectivity index (χ1) is 10.2. The fraction of sp³-hybridized carbons (Fsp3) is 0.300. The van der Waals surface area contributed by atoms with Gasteiger partial charge in [-0.15, -0.1) is 0 Å². The molecule has 21 heavy (non-hydrogen) atoms. The van der Waals surface area contributed by atoms with Crippen LogP contribution in [0, 0.1) is 0 Å². The number of aliphatic hydroxyl groups is 1. The lowest BCUT2D eigenvalue weighted by atomic mass is 9.86. The highest BCUT2D eigenvalue weighted by Gasteiger charge is 2.25. The molecule has 1 N–H and O–H groups in total. The molecule has 1 unspecified atom stereocenters. The van der Waals surface area contributed by atoms with Crippen LogP contribution in [0.1, 0.15) is 38.7 Å². The first-order valence-electron chi connectivity index (χ1n) is 7.69. The third kappa shape index (κ3) is 3.83. The normalized spacial score (nSPS) is 14.2. The molecule has 0 aliphatic carbocycles. The molecule has 110 valence electrons. The minimum atomic E-state index is -0.727. The fourth-order valence-electron chi connectivity index (χ4n) is 2.62. The van der Waals surface area contributed by atoms with Crippen LogP contribution in [0.25, 0.3) is 11.1 Å².